The Morgan fingerprint density at radius 3 is 2.47 bits per heavy atom. The van der Waals surface area contributed by atoms with Crippen molar-refractivity contribution in [3.63, 3.8) is 0 Å². The summed E-state index contributed by atoms with van der Waals surface area (Å²) in [6, 6.07) is 7.71. The van der Waals surface area contributed by atoms with Crippen LogP contribution in [0.5, 0.6) is 11.5 Å². The Morgan fingerprint density at radius 1 is 1.18 bits per heavy atom. The standard InChI is InChI=1S/C14H21ClO2/c1-3-6-12(11-15)9-10-17-14-8-5-4-7-13(14)16-2/h4-5,7-8,12H,3,6,9-11H2,1-2H3. The number of hydrogen-bond acceptors (Lipinski definition) is 2. The molecule has 1 aromatic carbocycles. The van der Waals surface area contributed by atoms with E-state index in [0.717, 1.165) is 17.9 Å². The molecule has 0 aliphatic heterocycles. The van der Waals surface area contributed by atoms with Gasteiger partial charge >= 0.3 is 0 Å². The average Bonchev–Trinajstić information content (AvgIpc) is 2.38. The van der Waals surface area contributed by atoms with Gasteiger partial charge < -0.3 is 9.47 Å². The van der Waals surface area contributed by atoms with E-state index < -0.39 is 0 Å². The van der Waals surface area contributed by atoms with Crippen molar-refractivity contribution >= 4 is 11.6 Å². The molecule has 96 valence electrons. The van der Waals surface area contributed by atoms with Crippen LogP contribution in [0.4, 0.5) is 0 Å². The van der Waals surface area contributed by atoms with Crippen LogP contribution < -0.4 is 9.47 Å². The van der Waals surface area contributed by atoms with E-state index in [9.17, 15) is 0 Å². The van der Waals surface area contributed by atoms with Gasteiger partial charge in [0.25, 0.3) is 0 Å². The summed E-state index contributed by atoms with van der Waals surface area (Å²) in [5.41, 5.74) is 0. The van der Waals surface area contributed by atoms with Gasteiger partial charge in [0.15, 0.2) is 11.5 Å². The van der Waals surface area contributed by atoms with E-state index in [2.05, 4.69) is 6.92 Å². The maximum Gasteiger partial charge on any atom is 0.161 e. The third-order valence-electron chi connectivity index (χ3n) is 2.77. The van der Waals surface area contributed by atoms with E-state index in [1.54, 1.807) is 7.11 Å². The van der Waals surface area contributed by atoms with Crippen LogP contribution in [0.2, 0.25) is 0 Å². The van der Waals surface area contributed by atoms with Crippen LogP contribution in [0, 0.1) is 5.92 Å². The van der Waals surface area contributed by atoms with E-state index in [1.807, 2.05) is 24.3 Å². The summed E-state index contributed by atoms with van der Waals surface area (Å²) < 4.78 is 10.9. The first-order chi connectivity index (χ1) is 8.31. The number of rotatable bonds is 8. The molecule has 0 aliphatic carbocycles. The number of benzene rings is 1. The molecule has 1 aromatic rings. The molecule has 0 aromatic heterocycles. The Labute approximate surface area is 109 Å². The van der Waals surface area contributed by atoms with E-state index in [4.69, 9.17) is 21.1 Å². The lowest BCUT2D eigenvalue weighted by atomic mass is 10.0. The minimum absolute atomic E-state index is 0.552. The van der Waals surface area contributed by atoms with Crippen molar-refractivity contribution in [3.8, 4) is 11.5 Å². The van der Waals surface area contributed by atoms with E-state index in [0.29, 0.717) is 18.4 Å². The molecule has 2 nitrogen and oxygen atoms in total. The highest BCUT2D eigenvalue weighted by atomic mass is 35.5. The Hall–Kier alpha value is -0.890. The lowest BCUT2D eigenvalue weighted by Gasteiger charge is -2.14. The quantitative estimate of drug-likeness (QED) is 0.652. The van der Waals surface area contributed by atoms with Gasteiger partial charge in [-0.1, -0.05) is 25.5 Å². The third-order valence-corrected chi connectivity index (χ3v) is 3.20. The predicted molar refractivity (Wildman–Crippen MR) is 72.2 cm³/mol. The normalized spacial score (nSPS) is 12.2. The Morgan fingerprint density at radius 2 is 1.88 bits per heavy atom. The highest BCUT2D eigenvalue weighted by Crippen LogP contribution is 2.26. The van der Waals surface area contributed by atoms with Gasteiger partial charge in [-0.05, 0) is 30.9 Å². The fourth-order valence-electron chi connectivity index (χ4n) is 1.78. The van der Waals surface area contributed by atoms with Gasteiger partial charge in [-0.25, -0.2) is 0 Å². The van der Waals surface area contributed by atoms with Crippen LogP contribution in [0.3, 0.4) is 0 Å². The Balaban J connectivity index is 2.39. The minimum atomic E-state index is 0.552. The lowest BCUT2D eigenvalue weighted by molar-refractivity contribution is 0.265. The van der Waals surface area contributed by atoms with Gasteiger partial charge in [-0.15, -0.1) is 11.6 Å². The van der Waals surface area contributed by atoms with Crippen molar-refractivity contribution in [3.05, 3.63) is 24.3 Å². The molecule has 3 heteroatoms. The Kier molecular flexibility index (Phi) is 6.87. The van der Waals surface area contributed by atoms with Crippen molar-refractivity contribution < 1.29 is 9.47 Å². The zero-order valence-electron chi connectivity index (χ0n) is 10.6. The minimum Gasteiger partial charge on any atom is -0.493 e. The van der Waals surface area contributed by atoms with Crippen LogP contribution in [-0.4, -0.2) is 19.6 Å². The first-order valence-electron chi connectivity index (χ1n) is 6.13. The highest BCUT2D eigenvalue weighted by molar-refractivity contribution is 6.18. The second-order valence-electron chi connectivity index (χ2n) is 4.10. The van der Waals surface area contributed by atoms with Crippen molar-refractivity contribution in [2.45, 2.75) is 26.2 Å². The monoisotopic (exact) mass is 256 g/mol. The van der Waals surface area contributed by atoms with Gasteiger partial charge in [-0.3, -0.25) is 0 Å². The molecule has 1 unspecified atom stereocenters. The molecule has 0 saturated carbocycles. The molecule has 17 heavy (non-hydrogen) atoms. The second-order valence-corrected chi connectivity index (χ2v) is 4.41. The van der Waals surface area contributed by atoms with Crippen LogP contribution in [0.25, 0.3) is 0 Å². The highest BCUT2D eigenvalue weighted by Gasteiger charge is 2.07. The second kappa shape index (κ2) is 8.24. The number of ether oxygens (including phenoxy) is 2. The van der Waals surface area contributed by atoms with Gasteiger partial charge in [-0.2, -0.15) is 0 Å². The van der Waals surface area contributed by atoms with Gasteiger partial charge in [0.05, 0.1) is 13.7 Å². The summed E-state index contributed by atoms with van der Waals surface area (Å²) >= 11 is 5.91. The average molecular weight is 257 g/mol. The molecule has 0 saturated heterocycles. The molecule has 0 spiro atoms. The summed E-state index contributed by atoms with van der Waals surface area (Å²) in [6.07, 6.45) is 3.33. The largest absolute Gasteiger partial charge is 0.493 e. The molecule has 0 bridgehead atoms. The number of para-hydroxylation sites is 2. The summed E-state index contributed by atoms with van der Waals surface area (Å²) in [6.45, 7) is 2.87. The maximum atomic E-state index is 5.91. The lowest BCUT2D eigenvalue weighted by Crippen LogP contribution is -2.08. The molecule has 0 N–H and O–H groups in total. The number of methoxy groups -OCH3 is 1. The van der Waals surface area contributed by atoms with Gasteiger partial charge in [0.2, 0.25) is 0 Å². The molecular formula is C14H21ClO2. The smallest absolute Gasteiger partial charge is 0.161 e. The fourth-order valence-corrected chi connectivity index (χ4v) is 2.09. The van der Waals surface area contributed by atoms with Crippen LogP contribution in [0.1, 0.15) is 26.2 Å². The third kappa shape index (κ3) is 4.86. The molecule has 0 aliphatic rings. The molecule has 0 radical (unpaired) electrons. The summed E-state index contributed by atoms with van der Waals surface area (Å²) in [5, 5.41) is 0. The maximum absolute atomic E-state index is 5.91. The van der Waals surface area contributed by atoms with E-state index in [1.165, 1.54) is 12.8 Å². The zero-order chi connectivity index (χ0) is 12.5. The van der Waals surface area contributed by atoms with Gasteiger partial charge in [0, 0.05) is 5.88 Å². The first-order valence-corrected chi connectivity index (χ1v) is 6.67. The van der Waals surface area contributed by atoms with Crippen LogP contribution in [-0.2, 0) is 0 Å². The van der Waals surface area contributed by atoms with Crippen molar-refractivity contribution in [1.82, 2.24) is 0 Å². The van der Waals surface area contributed by atoms with E-state index >= 15 is 0 Å². The Bertz CT molecular complexity index is 315. The topological polar surface area (TPSA) is 18.5 Å². The first kappa shape index (κ1) is 14.2. The van der Waals surface area contributed by atoms with E-state index in [-0.39, 0.29) is 0 Å². The van der Waals surface area contributed by atoms with Gasteiger partial charge in [0.1, 0.15) is 0 Å². The zero-order valence-corrected chi connectivity index (χ0v) is 11.4. The molecule has 1 rings (SSSR count). The molecular weight excluding hydrogens is 236 g/mol. The molecule has 0 amide bonds. The number of halogens is 1. The SMILES string of the molecule is CCCC(CCl)CCOc1ccccc1OC. The predicted octanol–water partition coefficient (Wildman–Crippen LogP) is 4.12. The van der Waals surface area contributed by atoms with Crippen molar-refractivity contribution in [2.75, 3.05) is 19.6 Å². The summed E-state index contributed by atoms with van der Waals surface area (Å²) in [4.78, 5) is 0. The number of hydrogen-bond donors (Lipinski definition) is 0. The van der Waals surface area contributed by atoms with Crippen LogP contribution >= 0.6 is 11.6 Å². The summed E-state index contributed by atoms with van der Waals surface area (Å²) in [7, 11) is 1.65. The fraction of sp³-hybridized carbons (Fsp3) is 0.571. The molecule has 0 heterocycles. The summed E-state index contributed by atoms with van der Waals surface area (Å²) in [5.74, 6) is 2.85. The molecule has 0 fully saturated rings. The van der Waals surface area contributed by atoms with Crippen molar-refractivity contribution in [2.24, 2.45) is 5.92 Å². The van der Waals surface area contributed by atoms with Crippen LogP contribution in [0.15, 0.2) is 24.3 Å². The number of alkyl halides is 1. The molecule has 1 atom stereocenters. The van der Waals surface area contributed by atoms with Crippen molar-refractivity contribution in [1.29, 1.82) is 0 Å².